The van der Waals surface area contributed by atoms with Crippen molar-refractivity contribution in [1.82, 2.24) is 14.9 Å². The fraction of sp³-hybridized carbons (Fsp3) is 0.312. The number of aliphatic imine (C=N–C) groups is 1. The van der Waals surface area contributed by atoms with E-state index in [2.05, 4.69) is 15.3 Å². The molecular formula is C16H16F2N6S. The van der Waals surface area contributed by atoms with E-state index >= 15 is 0 Å². The minimum atomic E-state index is -0.546. The van der Waals surface area contributed by atoms with Crippen molar-refractivity contribution in [3.05, 3.63) is 51.1 Å². The minimum Gasteiger partial charge on any atom is -0.369 e. The smallest absolute Gasteiger partial charge is 0.202 e. The zero-order valence-corrected chi connectivity index (χ0v) is 14.3. The molecule has 0 radical (unpaired) electrons. The molecule has 0 saturated carbocycles. The largest absolute Gasteiger partial charge is 0.369 e. The highest BCUT2D eigenvalue weighted by molar-refractivity contribution is 7.71. The molecule has 0 saturated heterocycles. The summed E-state index contributed by atoms with van der Waals surface area (Å²) in [7, 11) is 0. The molecule has 0 amide bonds. The van der Waals surface area contributed by atoms with Crippen LogP contribution < -0.4 is 11.1 Å². The molecule has 9 heteroatoms. The number of rotatable bonds is 3. The van der Waals surface area contributed by atoms with Crippen molar-refractivity contribution in [3.8, 4) is 6.19 Å². The van der Waals surface area contributed by atoms with Crippen LogP contribution in [0.4, 0.5) is 8.78 Å². The second-order valence-corrected chi connectivity index (χ2v) is 6.28. The summed E-state index contributed by atoms with van der Waals surface area (Å²) in [4.78, 5) is 7.09. The molecule has 1 aliphatic heterocycles. The molecule has 2 aromatic rings. The first-order chi connectivity index (χ1) is 11.9. The van der Waals surface area contributed by atoms with Crippen molar-refractivity contribution in [2.45, 2.75) is 32.4 Å². The highest BCUT2D eigenvalue weighted by atomic mass is 32.1. The Morgan fingerprint density at radius 2 is 2.32 bits per heavy atom. The number of benzene rings is 1. The van der Waals surface area contributed by atoms with Crippen LogP contribution in [0.25, 0.3) is 0 Å². The van der Waals surface area contributed by atoms with E-state index in [1.165, 1.54) is 12.1 Å². The van der Waals surface area contributed by atoms with Crippen molar-refractivity contribution in [1.29, 1.82) is 5.26 Å². The number of fused-ring (bicyclic) bond motifs is 1. The fourth-order valence-corrected chi connectivity index (χ4v) is 3.44. The molecule has 3 rings (SSSR count). The third-order valence-electron chi connectivity index (χ3n) is 4.34. The summed E-state index contributed by atoms with van der Waals surface area (Å²) in [5.74, 6) is -1.39. The van der Waals surface area contributed by atoms with E-state index in [9.17, 15) is 8.78 Å². The maximum atomic E-state index is 14.4. The Bertz CT molecular complexity index is 953. The van der Waals surface area contributed by atoms with Crippen molar-refractivity contribution in [2.24, 2.45) is 10.7 Å². The first-order valence-electron chi connectivity index (χ1n) is 7.62. The van der Waals surface area contributed by atoms with Gasteiger partial charge in [0.25, 0.3) is 0 Å². The standard InChI is InChI=1S/C16H16F2N6S/c1-8-2-3-10(17)13(14(8)18)9-4-12-11(5-21-15(20)22-7-19)23-16(25)24(12)6-9/h2-3,9H,4-6H2,1H3,(H,23,25)(H3,20,21,22)/t9-/m1/s1. The van der Waals surface area contributed by atoms with Crippen LogP contribution in [0.1, 0.15) is 28.4 Å². The number of halogens is 2. The average molecular weight is 362 g/mol. The quantitative estimate of drug-likeness (QED) is 0.257. The molecule has 4 N–H and O–H groups in total. The number of aryl methyl sites for hydroxylation is 1. The predicted molar refractivity (Wildman–Crippen MR) is 91.2 cm³/mol. The Kier molecular flexibility index (Phi) is 4.55. The van der Waals surface area contributed by atoms with Gasteiger partial charge in [-0.2, -0.15) is 5.26 Å². The monoisotopic (exact) mass is 362 g/mol. The normalized spacial score (nSPS) is 16.6. The molecule has 0 fully saturated rings. The van der Waals surface area contributed by atoms with E-state index in [-0.39, 0.29) is 24.0 Å². The van der Waals surface area contributed by atoms with Crippen molar-refractivity contribution in [2.75, 3.05) is 0 Å². The van der Waals surface area contributed by atoms with Crippen molar-refractivity contribution >= 4 is 18.2 Å². The van der Waals surface area contributed by atoms with Crippen LogP contribution in [0.15, 0.2) is 17.1 Å². The molecule has 1 atom stereocenters. The molecule has 2 heterocycles. The topological polar surface area (TPSA) is 94.9 Å². The molecule has 0 bridgehead atoms. The fourth-order valence-electron chi connectivity index (χ4n) is 3.14. The van der Waals surface area contributed by atoms with Gasteiger partial charge in [-0.15, -0.1) is 0 Å². The molecule has 6 nitrogen and oxygen atoms in total. The summed E-state index contributed by atoms with van der Waals surface area (Å²) in [6.07, 6.45) is 2.13. The molecule has 1 aliphatic rings. The summed E-state index contributed by atoms with van der Waals surface area (Å²) in [5, 5.41) is 10.7. The highest BCUT2D eigenvalue weighted by Crippen LogP contribution is 2.35. The summed E-state index contributed by atoms with van der Waals surface area (Å²) in [6, 6.07) is 2.72. The number of nitrogens with one attached hydrogen (secondary N) is 2. The Labute approximate surface area is 148 Å². The molecule has 0 spiro atoms. The van der Waals surface area contributed by atoms with Crippen LogP contribution in [0, 0.1) is 34.8 Å². The van der Waals surface area contributed by atoms with Crippen LogP contribution >= 0.6 is 12.2 Å². The zero-order valence-electron chi connectivity index (χ0n) is 13.4. The molecule has 1 aromatic carbocycles. The lowest BCUT2D eigenvalue weighted by molar-refractivity contribution is 0.508. The van der Waals surface area contributed by atoms with Gasteiger partial charge < -0.3 is 15.3 Å². The van der Waals surface area contributed by atoms with Gasteiger partial charge in [0.15, 0.2) is 11.0 Å². The van der Waals surface area contributed by atoms with E-state index in [1.807, 2.05) is 4.57 Å². The number of nitriles is 1. The first-order valence-corrected chi connectivity index (χ1v) is 8.03. The Morgan fingerprint density at radius 1 is 1.56 bits per heavy atom. The van der Waals surface area contributed by atoms with Crippen molar-refractivity contribution in [3.63, 3.8) is 0 Å². The second-order valence-electron chi connectivity index (χ2n) is 5.90. The van der Waals surface area contributed by atoms with Crippen LogP contribution in [0.3, 0.4) is 0 Å². The lowest BCUT2D eigenvalue weighted by Crippen LogP contribution is -2.27. The number of nitrogens with two attached hydrogens (primary N) is 1. The Balaban J connectivity index is 1.91. The van der Waals surface area contributed by atoms with Crippen LogP contribution in [-0.4, -0.2) is 15.5 Å². The second kappa shape index (κ2) is 6.64. The number of hydrogen-bond donors (Lipinski definition) is 3. The molecule has 0 unspecified atom stereocenters. The molecule has 25 heavy (non-hydrogen) atoms. The number of aromatic amines is 1. The number of H-pyrrole nitrogens is 1. The highest BCUT2D eigenvalue weighted by Gasteiger charge is 2.31. The van der Waals surface area contributed by atoms with Gasteiger partial charge in [0, 0.05) is 23.7 Å². The Hall–Kier alpha value is -2.73. The third kappa shape index (κ3) is 3.13. The maximum Gasteiger partial charge on any atom is 0.202 e. The molecule has 130 valence electrons. The van der Waals surface area contributed by atoms with Gasteiger partial charge in [-0.3, -0.25) is 5.32 Å². The summed E-state index contributed by atoms with van der Waals surface area (Å²) in [6.45, 7) is 2.21. The predicted octanol–water partition coefficient (Wildman–Crippen LogP) is 2.36. The lowest BCUT2D eigenvalue weighted by atomic mass is 9.94. The lowest BCUT2D eigenvalue weighted by Gasteiger charge is -2.13. The number of aromatic nitrogens is 2. The molecule has 1 aromatic heterocycles. The molecular weight excluding hydrogens is 346 g/mol. The van der Waals surface area contributed by atoms with Gasteiger partial charge >= 0.3 is 0 Å². The first kappa shape index (κ1) is 17.1. The van der Waals surface area contributed by atoms with Crippen LogP contribution in [0.2, 0.25) is 0 Å². The van der Waals surface area contributed by atoms with E-state index in [1.54, 1.807) is 13.1 Å². The summed E-state index contributed by atoms with van der Waals surface area (Å²) in [5.41, 5.74) is 7.62. The van der Waals surface area contributed by atoms with Crippen LogP contribution in [0.5, 0.6) is 0 Å². The van der Waals surface area contributed by atoms with Gasteiger partial charge in [-0.05, 0) is 37.2 Å². The number of hydrogen-bond acceptors (Lipinski definition) is 3. The van der Waals surface area contributed by atoms with E-state index in [0.29, 0.717) is 23.3 Å². The van der Waals surface area contributed by atoms with Gasteiger partial charge in [0.2, 0.25) is 5.96 Å². The number of nitrogens with zero attached hydrogens (tertiary/aromatic N) is 3. The van der Waals surface area contributed by atoms with Gasteiger partial charge in [0.1, 0.15) is 11.6 Å². The minimum absolute atomic E-state index is 0.00733. The number of guanidine groups is 1. The van der Waals surface area contributed by atoms with Gasteiger partial charge in [-0.1, -0.05) is 6.07 Å². The van der Waals surface area contributed by atoms with E-state index in [4.69, 9.17) is 23.2 Å². The average Bonchev–Trinajstić information content (AvgIpc) is 3.11. The zero-order chi connectivity index (χ0) is 18.1. The SMILES string of the molecule is Cc1ccc(F)c([C@@H]2Cc3c(CN=C(N)NC#N)[nH]c(=S)n3C2)c1F. The third-order valence-corrected chi connectivity index (χ3v) is 4.66. The summed E-state index contributed by atoms with van der Waals surface area (Å²) < 4.78 is 30.9. The van der Waals surface area contributed by atoms with E-state index < -0.39 is 11.6 Å². The number of imidazole rings is 1. The van der Waals surface area contributed by atoms with Crippen LogP contribution in [-0.2, 0) is 19.5 Å². The van der Waals surface area contributed by atoms with Gasteiger partial charge in [0.05, 0.1) is 12.2 Å². The van der Waals surface area contributed by atoms with E-state index in [0.717, 1.165) is 11.4 Å². The summed E-state index contributed by atoms with van der Waals surface area (Å²) >= 11 is 5.30. The Morgan fingerprint density at radius 3 is 3.04 bits per heavy atom. The van der Waals surface area contributed by atoms with Gasteiger partial charge in [-0.25, -0.2) is 13.8 Å². The van der Waals surface area contributed by atoms with Crippen molar-refractivity contribution < 1.29 is 8.78 Å². The molecule has 0 aliphatic carbocycles. The maximum absolute atomic E-state index is 14.4.